The third kappa shape index (κ3) is 3.18. The van der Waals surface area contributed by atoms with Gasteiger partial charge in [-0.1, -0.05) is 13.8 Å². The lowest BCUT2D eigenvalue weighted by Gasteiger charge is -2.27. The van der Waals surface area contributed by atoms with Gasteiger partial charge in [0.05, 0.1) is 4.90 Å². The first-order valence-electron chi connectivity index (χ1n) is 7.38. The number of sulfonamides is 1. The first-order valence-corrected chi connectivity index (χ1v) is 9.64. The van der Waals surface area contributed by atoms with Crippen molar-refractivity contribution in [2.45, 2.75) is 38.6 Å². The molecule has 0 aliphatic carbocycles. The van der Waals surface area contributed by atoms with Crippen LogP contribution in [0, 0.1) is 25.7 Å². The van der Waals surface area contributed by atoms with Crippen LogP contribution in [0.15, 0.2) is 11.0 Å². The number of likely N-dealkylation sites (N-methyl/N-ethyl adjacent to an activating group) is 1. The van der Waals surface area contributed by atoms with Crippen molar-refractivity contribution in [1.29, 1.82) is 0 Å². The van der Waals surface area contributed by atoms with E-state index in [0.717, 1.165) is 9.75 Å². The largest absolute Gasteiger partial charge is 0.305 e. The summed E-state index contributed by atoms with van der Waals surface area (Å²) in [6.45, 7) is 9.42. The average Bonchev–Trinajstić information content (AvgIpc) is 2.93. The third-order valence-corrected chi connectivity index (χ3v) is 7.49. The van der Waals surface area contributed by atoms with E-state index in [1.165, 1.54) is 0 Å². The first-order chi connectivity index (χ1) is 9.64. The van der Waals surface area contributed by atoms with E-state index in [2.05, 4.69) is 18.7 Å². The van der Waals surface area contributed by atoms with E-state index in [1.54, 1.807) is 15.6 Å². The fourth-order valence-corrected chi connectivity index (χ4v) is 6.19. The molecule has 2 atom stereocenters. The molecular formula is C15H26N2O2S2. The van der Waals surface area contributed by atoms with Crippen LogP contribution in [-0.2, 0) is 10.0 Å². The van der Waals surface area contributed by atoms with Crippen molar-refractivity contribution in [2.75, 3.05) is 27.2 Å². The highest BCUT2D eigenvalue weighted by Crippen LogP contribution is 2.34. The topological polar surface area (TPSA) is 40.6 Å². The van der Waals surface area contributed by atoms with Gasteiger partial charge < -0.3 is 4.90 Å². The molecule has 0 aromatic carbocycles. The number of thiophene rings is 1. The average molecular weight is 331 g/mol. The van der Waals surface area contributed by atoms with Gasteiger partial charge in [-0.2, -0.15) is 4.31 Å². The predicted octanol–water partition coefficient (Wildman–Crippen LogP) is 2.57. The monoisotopic (exact) mass is 330 g/mol. The first kappa shape index (κ1) is 16.9. The second-order valence-corrected chi connectivity index (χ2v) is 9.91. The van der Waals surface area contributed by atoms with Crippen molar-refractivity contribution in [1.82, 2.24) is 9.21 Å². The lowest BCUT2D eigenvalue weighted by atomic mass is 9.91. The van der Waals surface area contributed by atoms with Crippen LogP contribution in [0.4, 0.5) is 0 Å². The van der Waals surface area contributed by atoms with E-state index in [4.69, 9.17) is 0 Å². The fourth-order valence-electron chi connectivity index (χ4n) is 3.18. The molecule has 1 fully saturated rings. The maximum atomic E-state index is 12.9. The minimum atomic E-state index is -3.36. The number of hydrogen-bond acceptors (Lipinski definition) is 4. The van der Waals surface area contributed by atoms with Crippen molar-refractivity contribution in [3.8, 4) is 0 Å². The Morgan fingerprint density at radius 2 is 1.90 bits per heavy atom. The molecule has 1 aliphatic heterocycles. The molecular weight excluding hydrogens is 304 g/mol. The van der Waals surface area contributed by atoms with Gasteiger partial charge in [0.15, 0.2) is 0 Å². The molecule has 0 unspecified atom stereocenters. The van der Waals surface area contributed by atoms with Gasteiger partial charge >= 0.3 is 0 Å². The quantitative estimate of drug-likeness (QED) is 0.852. The highest BCUT2D eigenvalue weighted by Gasteiger charge is 2.42. The number of rotatable bonds is 4. The van der Waals surface area contributed by atoms with Crippen molar-refractivity contribution < 1.29 is 8.42 Å². The molecule has 2 rings (SSSR count). The van der Waals surface area contributed by atoms with Gasteiger partial charge in [0.25, 0.3) is 0 Å². The molecule has 120 valence electrons. The molecule has 4 nitrogen and oxygen atoms in total. The van der Waals surface area contributed by atoms with Crippen molar-refractivity contribution in [2.24, 2.45) is 11.8 Å². The summed E-state index contributed by atoms with van der Waals surface area (Å²) in [6, 6.07) is 2.10. The van der Waals surface area contributed by atoms with Crippen LogP contribution in [0.3, 0.4) is 0 Å². The summed E-state index contributed by atoms with van der Waals surface area (Å²) in [5, 5.41) is 0. The molecule has 0 amide bonds. The SMILES string of the molecule is Cc1cc(S(=O)(=O)N2C[C@H](C(C)C)[C@@H](N(C)C)C2)c(C)s1. The second-order valence-electron chi connectivity index (χ2n) is 6.54. The highest BCUT2D eigenvalue weighted by atomic mass is 32.2. The van der Waals surface area contributed by atoms with Gasteiger partial charge in [-0.15, -0.1) is 11.3 Å². The van der Waals surface area contributed by atoms with Crippen LogP contribution in [0.2, 0.25) is 0 Å². The molecule has 0 bridgehead atoms. The van der Waals surface area contributed by atoms with E-state index >= 15 is 0 Å². The zero-order valence-electron chi connectivity index (χ0n) is 13.8. The van der Waals surface area contributed by atoms with Gasteiger partial charge in [0.2, 0.25) is 10.0 Å². The van der Waals surface area contributed by atoms with Crippen molar-refractivity contribution in [3.05, 3.63) is 15.8 Å². The molecule has 1 saturated heterocycles. The Hall–Kier alpha value is -0.430. The number of nitrogens with zero attached hydrogens (tertiary/aromatic N) is 2. The smallest absolute Gasteiger partial charge is 0.244 e. The van der Waals surface area contributed by atoms with Gasteiger partial charge in [0.1, 0.15) is 0 Å². The standard InChI is InChI=1S/C15H26N2O2S2/c1-10(2)13-8-17(9-14(13)16(5)6)21(18,19)15-7-11(3)20-12(15)4/h7,10,13-14H,8-9H2,1-6H3/t13-,14+/m1/s1. The lowest BCUT2D eigenvalue weighted by Crippen LogP contribution is -2.37. The zero-order valence-corrected chi connectivity index (χ0v) is 15.4. The summed E-state index contributed by atoms with van der Waals surface area (Å²) in [4.78, 5) is 4.59. The Morgan fingerprint density at radius 3 is 2.29 bits per heavy atom. The van der Waals surface area contributed by atoms with Crippen LogP contribution < -0.4 is 0 Å². The minimum Gasteiger partial charge on any atom is -0.305 e. The summed E-state index contributed by atoms with van der Waals surface area (Å²) in [6.07, 6.45) is 0. The minimum absolute atomic E-state index is 0.291. The van der Waals surface area contributed by atoms with E-state index in [0.29, 0.717) is 35.9 Å². The Bertz CT molecular complexity index is 589. The molecule has 0 radical (unpaired) electrons. The molecule has 0 spiro atoms. The van der Waals surface area contributed by atoms with Crippen LogP contribution in [0.5, 0.6) is 0 Å². The second kappa shape index (κ2) is 5.99. The van der Waals surface area contributed by atoms with Gasteiger partial charge in [-0.25, -0.2) is 8.42 Å². The molecule has 0 N–H and O–H groups in total. The van der Waals surface area contributed by atoms with E-state index in [1.807, 2.05) is 34.0 Å². The van der Waals surface area contributed by atoms with E-state index in [-0.39, 0.29) is 0 Å². The van der Waals surface area contributed by atoms with Crippen LogP contribution >= 0.6 is 11.3 Å². The summed E-state index contributed by atoms with van der Waals surface area (Å²) >= 11 is 1.55. The Labute approximate surface area is 132 Å². The van der Waals surface area contributed by atoms with Crippen LogP contribution in [0.1, 0.15) is 23.6 Å². The lowest BCUT2D eigenvalue weighted by molar-refractivity contribution is 0.216. The predicted molar refractivity (Wildman–Crippen MR) is 88.4 cm³/mol. The molecule has 6 heteroatoms. The summed E-state index contributed by atoms with van der Waals surface area (Å²) < 4.78 is 27.5. The molecule has 1 aromatic rings. The Morgan fingerprint density at radius 1 is 1.29 bits per heavy atom. The maximum absolute atomic E-state index is 12.9. The van der Waals surface area contributed by atoms with Gasteiger partial charge in [-0.3, -0.25) is 0 Å². The molecule has 1 aromatic heterocycles. The van der Waals surface area contributed by atoms with Gasteiger partial charge in [0, 0.05) is 28.9 Å². The molecule has 2 heterocycles. The Balaban J connectivity index is 2.32. The van der Waals surface area contributed by atoms with Crippen LogP contribution in [-0.4, -0.2) is 50.8 Å². The summed E-state index contributed by atoms with van der Waals surface area (Å²) in [7, 11) is 0.711. The number of aryl methyl sites for hydroxylation is 2. The van der Waals surface area contributed by atoms with Crippen molar-refractivity contribution in [3.63, 3.8) is 0 Å². The molecule has 0 saturated carbocycles. The normalized spacial score (nSPS) is 24.4. The summed E-state index contributed by atoms with van der Waals surface area (Å²) in [5.74, 6) is 0.859. The fraction of sp³-hybridized carbons (Fsp3) is 0.733. The summed E-state index contributed by atoms with van der Waals surface area (Å²) in [5.41, 5.74) is 0. The maximum Gasteiger partial charge on any atom is 0.244 e. The third-order valence-electron chi connectivity index (χ3n) is 4.43. The molecule has 1 aliphatic rings. The van der Waals surface area contributed by atoms with E-state index in [9.17, 15) is 8.42 Å². The highest BCUT2D eigenvalue weighted by molar-refractivity contribution is 7.89. The Kier molecular flexibility index (Phi) is 4.83. The molecule has 21 heavy (non-hydrogen) atoms. The van der Waals surface area contributed by atoms with E-state index < -0.39 is 10.0 Å². The number of hydrogen-bond donors (Lipinski definition) is 0. The van der Waals surface area contributed by atoms with Crippen molar-refractivity contribution >= 4 is 21.4 Å². The van der Waals surface area contributed by atoms with Crippen LogP contribution in [0.25, 0.3) is 0 Å². The zero-order chi connectivity index (χ0) is 15.9. The van der Waals surface area contributed by atoms with Gasteiger partial charge in [-0.05, 0) is 45.8 Å².